The molecule has 3 atom stereocenters. The molecule has 3 aliphatic heterocycles. The number of hydrogen-bond acceptors (Lipinski definition) is 9. The molecule has 3 saturated heterocycles. The molecule has 0 saturated carbocycles. The van der Waals surface area contributed by atoms with E-state index in [4.69, 9.17) is 27.1 Å². The molecule has 230 valence electrons. The molecule has 3 N–H and O–H groups in total. The number of thiophene rings is 1. The second-order valence-electron chi connectivity index (χ2n) is 12.0. The predicted octanol–water partition coefficient (Wildman–Crippen LogP) is 6.04. The van der Waals surface area contributed by atoms with Gasteiger partial charge in [0.2, 0.25) is 0 Å². The maximum atomic E-state index is 16.8. The summed E-state index contributed by atoms with van der Waals surface area (Å²) >= 11 is 7.75. The van der Waals surface area contributed by atoms with Crippen LogP contribution in [0.4, 0.5) is 24.0 Å². The molecule has 0 amide bonds. The van der Waals surface area contributed by atoms with Crippen LogP contribution in [0.2, 0.25) is 5.02 Å². The fourth-order valence-electron chi connectivity index (χ4n) is 6.84. The second kappa shape index (κ2) is 11.5. The van der Waals surface area contributed by atoms with E-state index in [2.05, 4.69) is 20.1 Å². The molecule has 0 radical (unpaired) electrons. The van der Waals surface area contributed by atoms with Crippen molar-refractivity contribution in [3.8, 4) is 23.2 Å². The molecule has 4 aromatic rings. The Hall–Kier alpha value is -3.37. The maximum absolute atomic E-state index is 16.8. The SMILES string of the molecule is C[C@@H](CN1CCC(F)CC1)Oc1nc(N2CC3CCC(C2)N3)c2cc(Cl)c(-c3ccc(F)c4sc(N)c(C#N)c34)c(F)c2n1. The van der Waals surface area contributed by atoms with Crippen LogP contribution in [0.1, 0.15) is 38.2 Å². The molecule has 8 nitrogen and oxygen atoms in total. The summed E-state index contributed by atoms with van der Waals surface area (Å²) in [6.45, 7) is 5.11. The number of anilines is 2. The van der Waals surface area contributed by atoms with Gasteiger partial charge in [-0.25, -0.2) is 13.2 Å². The van der Waals surface area contributed by atoms with Gasteiger partial charge in [0.05, 0.1) is 15.3 Å². The third-order valence-corrected chi connectivity index (χ3v) is 10.2. The number of piperidine rings is 1. The summed E-state index contributed by atoms with van der Waals surface area (Å²) in [7, 11) is 0. The van der Waals surface area contributed by atoms with Crippen molar-refractivity contribution < 1.29 is 17.9 Å². The van der Waals surface area contributed by atoms with E-state index in [-0.39, 0.29) is 54.4 Å². The summed E-state index contributed by atoms with van der Waals surface area (Å²) in [5.74, 6) is -0.751. The molecule has 13 heteroatoms. The Labute approximate surface area is 261 Å². The number of nitrogens with one attached hydrogen (secondary N) is 1. The monoisotopic (exact) mass is 641 g/mol. The molecule has 0 spiro atoms. The largest absolute Gasteiger partial charge is 0.459 e. The van der Waals surface area contributed by atoms with Gasteiger partial charge in [0.1, 0.15) is 40.5 Å². The molecule has 5 heterocycles. The molecule has 3 aliphatic rings. The third kappa shape index (κ3) is 5.19. The zero-order valence-electron chi connectivity index (χ0n) is 24.0. The van der Waals surface area contributed by atoms with Gasteiger partial charge < -0.3 is 20.7 Å². The number of nitriles is 1. The van der Waals surface area contributed by atoms with Crippen LogP contribution in [0, 0.1) is 23.0 Å². The fourth-order valence-corrected chi connectivity index (χ4v) is 8.09. The number of alkyl halides is 1. The minimum absolute atomic E-state index is 0.00316. The van der Waals surface area contributed by atoms with E-state index in [1.807, 2.05) is 13.0 Å². The van der Waals surface area contributed by atoms with Crippen LogP contribution < -0.4 is 20.7 Å². The quantitative estimate of drug-likeness (QED) is 0.263. The Morgan fingerprint density at radius 3 is 2.61 bits per heavy atom. The van der Waals surface area contributed by atoms with E-state index >= 15 is 4.39 Å². The van der Waals surface area contributed by atoms with Gasteiger partial charge in [-0.3, -0.25) is 4.90 Å². The maximum Gasteiger partial charge on any atom is 0.319 e. The average molecular weight is 642 g/mol. The van der Waals surface area contributed by atoms with Gasteiger partial charge in [-0.2, -0.15) is 15.2 Å². The summed E-state index contributed by atoms with van der Waals surface area (Å²) in [6, 6.07) is 6.92. The highest BCUT2D eigenvalue weighted by Crippen LogP contribution is 2.46. The van der Waals surface area contributed by atoms with Crippen molar-refractivity contribution in [3.63, 3.8) is 0 Å². The highest BCUT2D eigenvalue weighted by atomic mass is 35.5. The van der Waals surface area contributed by atoms with Crippen LogP contribution in [0.3, 0.4) is 0 Å². The minimum atomic E-state index is -0.774. The van der Waals surface area contributed by atoms with E-state index in [9.17, 15) is 14.0 Å². The number of piperazine rings is 1. The lowest BCUT2D eigenvalue weighted by Crippen LogP contribution is -2.51. The standard InChI is InChI=1S/C31H31ClF3N7OS/c1-15(12-41-8-6-16(33)7-9-41)43-31-39-27-20(30(40-31)42-13-17-2-3-18(14-42)38-17)10-22(32)25(26(27)35)19-4-5-23(34)28-24(19)21(11-36)29(37)44-28/h4-5,10,15-18,38H,2-3,6-9,12-14,37H2,1H3/t15-,17?,18?/m0/s1. The zero-order valence-corrected chi connectivity index (χ0v) is 25.6. The van der Waals surface area contributed by atoms with Crippen LogP contribution in [-0.2, 0) is 0 Å². The smallest absolute Gasteiger partial charge is 0.319 e. The van der Waals surface area contributed by atoms with Crippen molar-refractivity contribution in [1.82, 2.24) is 20.2 Å². The van der Waals surface area contributed by atoms with Crippen LogP contribution in [0.15, 0.2) is 18.2 Å². The topological polar surface area (TPSA) is 103 Å². The van der Waals surface area contributed by atoms with E-state index < -0.39 is 17.8 Å². The fraction of sp³-hybridized carbons (Fsp3) is 0.452. The molecule has 3 fully saturated rings. The van der Waals surface area contributed by atoms with Crippen molar-refractivity contribution in [1.29, 1.82) is 5.26 Å². The summed E-state index contributed by atoms with van der Waals surface area (Å²) in [5.41, 5.74) is 6.39. The van der Waals surface area contributed by atoms with E-state index in [1.54, 1.807) is 6.07 Å². The molecular weight excluding hydrogens is 611 g/mol. The Bertz CT molecular complexity index is 1790. The Balaban J connectivity index is 1.35. The van der Waals surface area contributed by atoms with Gasteiger partial charge in [0, 0.05) is 61.1 Å². The highest BCUT2D eigenvalue weighted by molar-refractivity contribution is 7.23. The number of nitrogen functional groups attached to an aromatic ring is 1. The van der Waals surface area contributed by atoms with Crippen LogP contribution >= 0.6 is 22.9 Å². The van der Waals surface area contributed by atoms with Crippen LogP contribution in [-0.4, -0.2) is 72.0 Å². The van der Waals surface area contributed by atoms with E-state index in [0.29, 0.717) is 68.9 Å². The Morgan fingerprint density at radius 2 is 1.91 bits per heavy atom. The lowest BCUT2D eigenvalue weighted by Gasteiger charge is -2.34. The summed E-state index contributed by atoms with van der Waals surface area (Å²) < 4.78 is 51.6. The average Bonchev–Trinajstić information content (AvgIpc) is 3.52. The number of halogens is 4. The number of ether oxygens (including phenoxy) is 1. The van der Waals surface area contributed by atoms with Gasteiger partial charge in [-0.15, -0.1) is 11.3 Å². The van der Waals surface area contributed by atoms with Crippen LogP contribution in [0.25, 0.3) is 32.1 Å². The molecule has 0 aliphatic carbocycles. The number of benzene rings is 2. The van der Waals surface area contributed by atoms with Gasteiger partial charge >= 0.3 is 6.01 Å². The molecule has 2 unspecified atom stereocenters. The summed E-state index contributed by atoms with van der Waals surface area (Å²) in [6.07, 6.45) is 1.96. The number of aromatic nitrogens is 2. The van der Waals surface area contributed by atoms with E-state index in [0.717, 1.165) is 24.2 Å². The van der Waals surface area contributed by atoms with Gasteiger partial charge in [0.25, 0.3) is 0 Å². The highest BCUT2D eigenvalue weighted by Gasteiger charge is 2.35. The second-order valence-corrected chi connectivity index (χ2v) is 13.4. The van der Waals surface area contributed by atoms with Crippen LogP contribution in [0.5, 0.6) is 6.01 Å². The Kier molecular flexibility index (Phi) is 7.69. The van der Waals surface area contributed by atoms with E-state index in [1.165, 1.54) is 12.1 Å². The van der Waals surface area contributed by atoms with Gasteiger partial charge in [-0.1, -0.05) is 17.7 Å². The minimum Gasteiger partial charge on any atom is -0.459 e. The summed E-state index contributed by atoms with van der Waals surface area (Å²) in [5, 5.41) is 14.3. The number of nitrogens with two attached hydrogens (primary N) is 1. The van der Waals surface area contributed by atoms with Crippen molar-refractivity contribution in [2.75, 3.05) is 43.4 Å². The first kappa shape index (κ1) is 29.3. The molecule has 2 bridgehead atoms. The van der Waals surface area contributed by atoms with Gasteiger partial charge in [0.15, 0.2) is 5.82 Å². The molecular formula is C31H31ClF3N7OS. The summed E-state index contributed by atoms with van der Waals surface area (Å²) in [4.78, 5) is 13.6. The molecule has 7 rings (SSSR count). The third-order valence-electron chi connectivity index (χ3n) is 8.90. The first-order chi connectivity index (χ1) is 21.2. The predicted molar refractivity (Wildman–Crippen MR) is 167 cm³/mol. The van der Waals surface area contributed by atoms with Crippen molar-refractivity contribution in [2.45, 2.75) is 57.0 Å². The Morgan fingerprint density at radius 1 is 1.18 bits per heavy atom. The lowest BCUT2D eigenvalue weighted by atomic mass is 9.97. The molecule has 44 heavy (non-hydrogen) atoms. The lowest BCUT2D eigenvalue weighted by molar-refractivity contribution is 0.0965. The number of likely N-dealkylation sites (tertiary alicyclic amines) is 1. The molecule has 2 aromatic heterocycles. The number of hydrogen-bond donors (Lipinski definition) is 2. The molecule has 2 aromatic carbocycles. The first-order valence-electron chi connectivity index (χ1n) is 14.8. The van der Waals surface area contributed by atoms with Gasteiger partial charge in [-0.05, 0) is 50.3 Å². The van der Waals surface area contributed by atoms with Crippen molar-refractivity contribution in [3.05, 3.63) is 40.4 Å². The normalized spacial score (nSPS) is 21.7. The number of nitrogens with zero attached hydrogens (tertiary/aromatic N) is 5. The first-order valence-corrected chi connectivity index (χ1v) is 16.0. The van der Waals surface area contributed by atoms with Crippen molar-refractivity contribution >= 4 is 54.7 Å². The van der Waals surface area contributed by atoms with Crippen molar-refractivity contribution in [2.24, 2.45) is 0 Å². The number of fused-ring (bicyclic) bond motifs is 4. The number of rotatable bonds is 6. The zero-order chi connectivity index (χ0) is 30.7.